The van der Waals surface area contributed by atoms with Gasteiger partial charge in [-0.1, -0.05) is 0 Å². The van der Waals surface area contributed by atoms with Gasteiger partial charge >= 0.3 is 0 Å². The zero-order valence-electron chi connectivity index (χ0n) is 10.4. The molecule has 0 fully saturated rings. The first kappa shape index (κ1) is 11.7. The summed E-state index contributed by atoms with van der Waals surface area (Å²) in [4.78, 5) is 8.06. The summed E-state index contributed by atoms with van der Waals surface area (Å²) in [5.41, 5.74) is 4.55. The lowest BCUT2D eigenvalue weighted by Gasteiger charge is -2.04. The predicted molar refractivity (Wildman–Crippen MR) is 65.3 cm³/mol. The van der Waals surface area contributed by atoms with Crippen molar-refractivity contribution in [3.8, 4) is 0 Å². The van der Waals surface area contributed by atoms with E-state index in [9.17, 15) is 0 Å². The molecular weight excluding hydrogens is 214 g/mol. The molecule has 0 aliphatic heterocycles. The van der Waals surface area contributed by atoms with E-state index in [1.165, 1.54) is 11.3 Å². The molecule has 1 N–H and O–H groups in total. The summed E-state index contributed by atoms with van der Waals surface area (Å²) in [7, 11) is 1.97. The minimum atomic E-state index is 0.746. The van der Waals surface area contributed by atoms with Gasteiger partial charge < -0.3 is 5.32 Å². The summed E-state index contributed by atoms with van der Waals surface area (Å²) in [6.45, 7) is 5.68. The highest BCUT2D eigenvalue weighted by Crippen LogP contribution is 2.11. The molecule has 5 heteroatoms. The first-order valence-electron chi connectivity index (χ1n) is 5.63. The fourth-order valence-corrected chi connectivity index (χ4v) is 1.81. The van der Waals surface area contributed by atoms with E-state index in [0.717, 1.165) is 24.5 Å². The van der Waals surface area contributed by atoms with Gasteiger partial charge in [0.2, 0.25) is 0 Å². The van der Waals surface area contributed by atoms with Gasteiger partial charge in [0, 0.05) is 37.6 Å². The number of rotatable bonds is 4. The number of nitrogens with zero attached hydrogens (tertiary/aromatic N) is 4. The second-order valence-electron chi connectivity index (χ2n) is 4.08. The Kier molecular flexibility index (Phi) is 3.49. The Hall–Kier alpha value is -1.75. The highest BCUT2D eigenvalue weighted by molar-refractivity contribution is 5.24. The van der Waals surface area contributed by atoms with Crippen molar-refractivity contribution in [2.45, 2.75) is 26.9 Å². The number of hydrogen-bond acceptors (Lipinski definition) is 4. The molecule has 5 nitrogen and oxygen atoms in total. The minimum Gasteiger partial charge on any atom is -0.307 e. The Labute approximate surface area is 101 Å². The first-order chi connectivity index (χ1) is 8.18. The van der Waals surface area contributed by atoms with Crippen LogP contribution in [-0.4, -0.2) is 19.7 Å². The summed E-state index contributed by atoms with van der Waals surface area (Å²) in [5, 5.41) is 7.76. The van der Waals surface area contributed by atoms with Crippen LogP contribution < -0.4 is 5.32 Å². The van der Waals surface area contributed by atoms with Gasteiger partial charge in [0.25, 0.3) is 0 Å². The van der Waals surface area contributed by atoms with Gasteiger partial charge in [-0.3, -0.25) is 4.68 Å². The van der Waals surface area contributed by atoms with Crippen LogP contribution in [0.1, 0.15) is 22.6 Å². The highest BCUT2D eigenvalue weighted by atomic mass is 15.3. The van der Waals surface area contributed by atoms with Crippen molar-refractivity contribution in [1.29, 1.82) is 0 Å². The fourth-order valence-electron chi connectivity index (χ4n) is 1.81. The lowest BCUT2D eigenvalue weighted by Crippen LogP contribution is -2.14. The molecule has 2 aromatic heterocycles. The smallest absolute Gasteiger partial charge is 0.115 e. The Morgan fingerprint density at radius 2 is 2.12 bits per heavy atom. The van der Waals surface area contributed by atoms with Crippen LogP contribution in [-0.2, 0) is 20.1 Å². The van der Waals surface area contributed by atoms with E-state index in [-0.39, 0.29) is 0 Å². The molecular formula is C12H17N5. The fraction of sp³-hybridized carbons (Fsp3) is 0.417. The Bertz CT molecular complexity index is 489. The second-order valence-corrected chi connectivity index (χ2v) is 4.08. The topological polar surface area (TPSA) is 55.6 Å². The number of hydrogen-bond donors (Lipinski definition) is 1. The van der Waals surface area contributed by atoms with Crippen molar-refractivity contribution < 1.29 is 0 Å². The Balaban J connectivity index is 1.95. The number of aromatic nitrogens is 4. The van der Waals surface area contributed by atoms with Crippen LogP contribution in [0.25, 0.3) is 0 Å². The van der Waals surface area contributed by atoms with Crippen molar-refractivity contribution in [1.82, 2.24) is 25.1 Å². The van der Waals surface area contributed by atoms with Crippen LogP contribution in [0, 0.1) is 13.8 Å². The molecule has 0 spiro atoms. The van der Waals surface area contributed by atoms with Crippen molar-refractivity contribution in [3.63, 3.8) is 0 Å². The third-order valence-corrected chi connectivity index (χ3v) is 2.91. The molecule has 0 aromatic carbocycles. The summed E-state index contributed by atoms with van der Waals surface area (Å²) in [5.74, 6) is 0. The van der Waals surface area contributed by atoms with Crippen LogP contribution in [0.4, 0.5) is 0 Å². The Morgan fingerprint density at radius 1 is 1.29 bits per heavy atom. The SMILES string of the molecule is Cc1nn(C)c(C)c1CNCc1ccncn1. The highest BCUT2D eigenvalue weighted by Gasteiger charge is 2.08. The maximum absolute atomic E-state index is 4.39. The maximum atomic E-state index is 4.39. The first-order valence-corrected chi connectivity index (χ1v) is 5.63. The molecule has 0 unspecified atom stereocenters. The van der Waals surface area contributed by atoms with Crippen molar-refractivity contribution >= 4 is 0 Å². The maximum Gasteiger partial charge on any atom is 0.115 e. The molecule has 2 heterocycles. The molecule has 90 valence electrons. The van der Waals surface area contributed by atoms with Crippen LogP contribution in [0.3, 0.4) is 0 Å². The van der Waals surface area contributed by atoms with Crippen LogP contribution >= 0.6 is 0 Å². The molecule has 2 aromatic rings. The quantitative estimate of drug-likeness (QED) is 0.856. The van der Waals surface area contributed by atoms with Gasteiger partial charge in [-0.15, -0.1) is 0 Å². The summed E-state index contributed by atoms with van der Waals surface area (Å²) < 4.78 is 1.91. The largest absolute Gasteiger partial charge is 0.307 e. The monoisotopic (exact) mass is 231 g/mol. The standard InChI is InChI=1S/C12H17N5/c1-9-12(10(2)17(3)16-9)7-14-6-11-4-5-13-8-15-11/h4-5,8,14H,6-7H2,1-3H3. The van der Waals surface area contributed by atoms with Crippen molar-refractivity contribution in [2.24, 2.45) is 7.05 Å². The molecule has 0 bridgehead atoms. The summed E-state index contributed by atoms with van der Waals surface area (Å²) in [6, 6.07) is 1.91. The lowest BCUT2D eigenvalue weighted by atomic mass is 10.2. The van der Waals surface area contributed by atoms with E-state index >= 15 is 0 Å². The van der Waals surface area contributed by atoms with E-state index in [4.69, 9.17) is 0 Å². The molecule has 17 heavy (non-hydrogen) atoms. The third kappa shape index (κ3) is 2.68. The van der Waals surface area contributed by atoms with Crippen LogP contribution in [0.15, 0.2) is 18.6 Å². The number of aryl methyl sites for hydroxylation is 2. The average Bonchev–Trinajstić information content (AvgIpc) is 2.57. The lowest BCUT2D eigenvalue weighted by molar-refractivity contribution is 0.670. The van der Waals surface area contributed by atoms with Gasteiger partial charge in [0.1, 0.15) is 6.33 Å². The van der Waals surface area contributed by atoms with E-state index in [1.807, 2.05) is 24.7 Å². The molecule has 0 saturated carbocycles. The van der Waals surface area contributed by atoms with Gasteiger partial charge in [0.05, 0.1) is 11.4 Å². The zero-order chi connectivity index (χ0) is 12.3. The van der Waals surface area contributed by atoms with E-state index in [2.05, 4.69) is 27.3 Å². The molecule has 0 radical (unpaired) electrons. The van der Waals surface area contributed by atoms with E-state index < -0.39 is 0 Å². The average molecular weight is 231 g/mol. The molecule has 0 amide bonds. The van der Waals surface area contributed by atoms with Crippen LogP contribution in [0.5, 0.6) is 0 Å². The molecule has 0 atom stereocenters. The zero-order valence-corrected chi connectivity index (χ0v) is 10.4. The normalized spacial score (nSPS) is 10.8. The van der Waals surface area contributed by atoms with Crippen LogP contribution in [0.2, 0.25) is 0 Å². The van der Waals surface area contributed by atoms with Gasteiger partial charge in [-0.2, -0.15) is 5.10 Å². The van der Waals surface area contributed by atoms with Gasteiger partial charge in [0.15, 0.2) is 0 Å². The van der Waals surface area contributed by atoms with Gasteiger partial charge in [-0.25, -0.2) is 9.97 Å². The molecule has 0 saturated heterocycles. The number of nitrogens with one attached hydrogen (secondary N) is 1. The van der Waals surface area contributed by atoms with E-state index in [1.54, 1.807) is 12.5 Å². The molecule has 2 rings (SSSR count). The van der Waals surface area contributed by atoms with Crippen molar-refractivity contribution in [2.75, 3.05) is 0 Å². The predicted octanol–water partition coefficient (Wildman–Crippen LogP) is 1.12. The van der Waals surface area contributed by atoms with E-state index in [0.29, 0.717) is 0 Å². The van der Waals surface area contributed by atoms with Gasteiger partial charge in [-0.05, 0) is 19.9 Å². The second kappa shape index (κ2) is 5.05. The summed E-state index contributed by atoms with van der Waals surface area (Å²) in [6.07, 6.45) is 3.32. The Morgan fingerprint density at radius 3 is 2.71 bits per heavy atom. The van der Waals surface area contributed by atoms with Crippen molar-refractivity contribution in [3.05, 3.63) is 41.2 Å². The third-order valence-electron chi connectivity index (χ3n) is 2.91. The summed E-state index contributed by atoms with van der Waals surface area (Å²) >= 11 is 0. The molecule has 0 aliphatic carbocycles. The molecule has 0 aliphatic rings. The minimum absolute atomic E-state index is 0.746.